The van der Waals surface area contributed by atoms with Crippen LogP contribution in [-0.2, 0) is 0 Å². The first-order valence-corrected chi connectivity index (χ1v) is 6.95. The van der Waals surface area contributed by atoms with Crippen LogP contribution in [0.5, 0.6) is 0 Å². The van der Waals surface area contributed by atoms with Gasteiger partial charge in [-0.3, -0.25) is 9.67 Å². The van der Waals surface area contributed by atoms with Crippen LogP contribution in [0.4, 0.5) is 0 Å². The van der Waals surface area contributed by atoms with Crippen LogP contribution in [0.3, 0.4) is 0 Å². The van der Waals surface area contributed by atoms with Crippen LogP contribution in [0.1, 0.15) is 5.56 Å². The van der Waals surface area contributed by atoms with Gasteiger partial charge < -0.3 is 0 Å². The Morgan fingerprint density at radius 2 is 1.95 bits per heavy atom. The third kappa shape index (κ3) is 2.28. The highest BCUT2D eigenvalue weighted by Crippen LogP contribution is 2.28. The summed E-state index contributed by atoms with van der Waals surface area (Å²) in [7, 11) is 0. The summed E-state index contributed by atoms with van der Waals surface area (Å²) < 4.78 is 2.44. The van der Waals surface area contributed by atoms with Crippen molar-refractivity contribution in [3.05, 3.63) is 63.9 Å². The Hall–Kier alpha value is -1.91. The van der Waals surface area contributed by atoms with Gasteiger partial charge in [0.2, 0.25) is 0 Å². The standard InChI is InChI=1S/C15H12ClN3S/c1-10-5-4-6-11(9-10)19-14(17-18-15(19)20)12-7-2-3-8-13(12)16/h2-9H,1H3,(H,18,20). The molecule has 0 aliphatic heterocycles. The van der Waals surface area contributed by atoms with Gasteiger partial charge in [-0.15, -0.1) is 0 Å². The lowest BCUT2D eigenvalue weighted by Gasteiger charge is -2.08. The number of H-pyrrole nitrogens is 1. The Morgan fingerprint density at radius 3 is 2.70 bits per heavy atom. The van der Waals surface area contributed by atoms with Gasteiger partial charge in [-0.2, -0.15) is 5.10 Å². The Bertz CT molecular complexity index is 820. The van der Waals surface area contributed by atoms with E-state index in [0.29, 0.717) is 15.6 Å². The number of aryl methyl sites for hydroxylation is 1. The molecule has 0 spiro atoms. The minimum absolute atomic E-state index is 0.547. The van der Waals surface area contributed by atoms with Gasteiger partial charge >= 0.3 is 0 Å². The second kappa shape index (κ2) is 5.23. The van der Waals surface area contributed by atoms with Crippen molar-refractivity contribution in [2.45, 2.75) is 6.92 Å². The van der Waals surface area contributed by atoms with E-state index in [4.69, 9.17) is 23.8 Å². The Labute approximate surface area is 126 Å². The largest absolute Gasteiger partial charge is 0.268 e. The molecule has 2 aromatic carbocycles. The minimum Gasteiger partial charge on any atom is -0.268 e. The molecule has 0 atom stereocenters. The van der Waals surface area contributed by atoms with E-state index in [9.17, 15) is 0 Å². The summed E-state index contributed by atoms with van der Waals surface area (Å²) in [6.07, 6.45) is 0. The molecule has 1 heterocycles. The third-order valence-electron chi connectivity index (χ3n) is 3.05. The SMILES string of the molecule is Cc1cccc(-n2c(-c3ccccc3Cl)n[nH]c2=S)c1. The molecular weight excluding hydrogens is 290 g/mol. The zero-order valence-electron chi connectivity index (χ0n) is 10.8. The number of halogens is 1. The molecule has 0 radical (unpaired) electrons. The van der Waals surface area contributed by atoms with E-state index in [-0.39, 0.29) is 0 Å². The lowest BCUT2D eigenvalue weighted by atomic mass is 10.2. The van der Waals surface area contributed by atoms with E-state index >= 15 is 0 Å². The van der Waals surface area contributed by atoms with Crippen LogP contribution in [-0.4, -0.2) is 14.8 Å². The molecule has 3 rings (SSSR count). The average Bonchev–Trinajstić information content (AvgIpc) is 2.81. The molecular formula is C15H12ClN3S. The van der Waals surface area contributed by atoms with Gasteiger partial charge in [0, 0.05) is 5.56 Å². The van der Waals surface area contributed by atoms with Crippen LogP contribution in [0.2, 0.25) is 5.02 Å². The molecule has 3 nitrogen and oxygen atoms in total. The minimum atomic E-state index is 0.547. The van der Waals surface area contributed by atoms with E-state index in [1.807, 2.05) is 54.0 Å². The quantitative estimate of drug-likeness (QED) is 0.704. The predicted molar refractivity (Wildman–Crippen MR) is 83.9 cm³/mol. The highest BCUT2D eigenvalue weighted by atomic mass is 35.5. The molecule has 5 heteroatoms. The van der Waals surface area contributed by atoms with E-state index in [1.165, 1.54) is 0 Å². The van der Waals surface area contributed by atoms with Gasteiger partial charge in [0.15, 0.2) is 10.6 Å². The Balaban J connectivity index is 2.26. The first-order chi connectivity index (χ1) is 9.66. The number of hydrogen-bond acceptors (Lipinski definition) is 2. The third-order valence-corrected chi connectivity index (χ3v) is 3.65. The Kier molecular flexibility index (Phi) is 3.42. The monoisotopic (exact) mass is 301 g/mol. The van der Waals surface area contributed by atoms with E-state index in [2.05, 4.69) is 16.3 Å². The maximum atomic E-state index is 6.26. The number of aromatic nitrogens is 3. The van der Waals surface area contributed by atoms with E-state index in [0.717, 1.165) is 16.8 Å². The second-order valence-electron chi connectivity index (χ2n) is 4.51. The summed E-state index contributed by atoms with van der Waals surface area (Å²) in [6.45, 7) is 2.04. The molecule has 1 N–H and O–H groups in total. The van der Waals surface area contributed by atoms with Crippen LogP contribution in [0.25, 0.3) is 17.1 Å². The van der Waals surface area contributed by atoms with Crippen LogP contribution in [0, 0.1) is 11.7 Å². The van der Waals surface area contributed by atoms with Gasteiger partial charge in [0.1, 0.15) is 0 Å². The van der Waals surface area contributed by atoms with Crippen LogP contribution >= 0.6 is 23.8 Å². The number of nitrogens with zero attached hydrogens (tertiary/aromatic N) is 2. The number of benzene rings is 2. The topological polar surface area (TPSA) is 33.6 Å². The molecule has 3 aromatic rings. The lowest BCUT2D eigenvalue weighted by molar-refractivity contribution is 1.03. The van der Waals surface area contributed by atoms with Crippen molar-refractivity contribution in [1.29, 1.82) is 0 Å². The molecule has 0 saturated heterocycles. The predicted octanol–water partition coefficient (Wildman–Crippen LogP) is 4.56. The van der Waals surface area contributed by atoms with Crippen molar-refractivity contribution in [3.63, 3.8) is 0 Å². The van der Waals surface area contributed by atoms with Crippen molar-refractivity contribution in [2.75, 3.05) is 0 Å². The van der Waals surface area contributed by atoms with E-state index in [1.54, 1.807) is 0 Å². The Morgan fingerprint density at radius 1 is 1.15 bits per heavy atom. The van der Waals surface area contributed by atoms with Crippen molar-refractivity contribution >= 4 is 23.8 Å². The van der Waals surface area contributed by atoms with Crippen molar-refractivity contribution < 1.29 is 0 Å². The maximum Gasteiger partial charge on any atom is 0.200 e. The fourth-order valence-corrected chi connectivity index (χ4v) is 2.58. The van der Waals surface area contributed by atoms with Crippen LogP contribution < -0.4 is 0 Å². The highest BCUT2D eigenvalue weighted by Gasteiger charge is 2.13. The molecule has 100 valence electrons. The highest BCUT2D eigenvalue weighted by molar-refractivity contribution is 7.71. The number of rotatable bonds is 2. The number of hydrogen-bond donors (Lipinski definition) is 1. The van der Waals surface area contributed by atoms with Crippen molar-refractivity contribution in [2.24, 2.45) is 0 Å². The van der Waals surface area contributed by atoms with Gasteiger partial charge in [0.05, 0.1) is 10.7 Å². The second-order valence-corrected chi connectivity index (χ2v) is 5.30. The summed E-state index contributed by atoms with van der Waals surface area (Å²) in [5.74, 6) is 0.714. The van der Waals surface area contributed by atoms with Crippen molar-refractivity contribution in [3.8, 4) is 17.1 Å². The summed E-state index contributed by atoms with van der Waals surface area (Å²) in [5, 5.41) is 7.80. The average molecular weight is 302 g/mol. The molecule has 0 amide bonds. The first-order valence-electron chi connectivity index (χ1n) is 6.16. The summed E-state index contributed by atoms with van der Waals surface area (Å²) in [4.78, 5) is 0. The fourth-order valence-electron chi connectivity index (χ4n) is 2.13. The summed E-state index contributed by atoms with van der Waals surface area (Å²) in [5.41, 5.74) is 2.98. The van der Waals surface area contributed by atoms with Crippen molar-refractivity contribution in [1.82, 2.24) is 14.8 Å². The molecule has 20 heavy (non-hydrogen) atoms. The normalized spacial score (nSPS) is 10.7. The zero-order valence-corrected chi connectivity index (χ0v) is 12.4. The molecule has 0 saturated carbocycles. The number of aromatic amines is 1. The molecule has 0 fully saturated rings. The van der Waals surface area contributed by atoms with Gasteiger partial charge in [-0.25, -0.2) is 0 Å². The lowest BCUT2D eigenvalue weighted by Crippen LogP contribution is -1.98. The van der Waals surface area contributed by atoms with E-state index < -0.39 is 0 Å². The first kappa shape index (κ1) is 13.1. The van der Waals surface area contributed by atoms with Crippen LogP contribution in [0.15, 0.2) is 48.5 Å². The fraction of sp³-hybridized carbons (Fsp3) is 0.0667. The van der Waals surface area contributed by atoms with Gasteiger partial charge in [-0.1, -0.05) is 35.9 Å². The molecule has 0 aliphatic carbocycles. The smallest absolute Gasteiger partial charge is 0.200 e. The molecule has 0 aliphatic rings. The maximum absolute atomic E-state index is 6.26. The molecule has 0 unspecified atom stereocenters. The zero-order chi connectivity index (χ0) is 14.1. The van der Waals surface area contributed by atoms with Gasteiger partial charge in [-0.05, 0) is 49.0 Å². The van der Waals surface area contributed by atoms with Gasteiger partial charge in [0.25, 0.3) is 0 Å². The molecule has 0 bridgehead atoms. The number of nitrogens with one attached hydrogen (secondary N) is 1. The molecule has 1 aromatic heterocycles. The summed E-state index contributed by atoms with van der Waals surface area (Å²) in [6, 6.07) is 15.7. The summed E-state index contributed by atoms with van der Waals surface area (Å²) >= 11 is 11.6.